The predicted molar refractivity (Wildman–Crippen MR) is 205 cm³/mol. The lowest BCUT2D eigenvalue weighted by atomic mass is 9.92. The van der Waals surface area contributed by atoms with Gasteiger partial charge < -0.3 is 0 Å². The number of pyridine rings is 2. The van der Waals surface area contributed by atoms with Gasteiger partial charge >= 0.3 is 0 Å². The van der Waals surface area contributed by atoms with Crippen molar-refractivity contribution in [3.63, 3.8) is 0 Å². The number of aromatic nitrogens is 4. The second-order valence-corrected chi connectivity index (χ2v) is 12.3. The fourth-order valence-corrected chi connectivity index (χ4v) is 6.59. The highest BCUT2D eigenvalue weighted by Gasteiger charge is 2.21. The molecule has 0 fully saturated rings. The maximum absolute atomic E-state index is 5.26. The quantitative estimate of drug-likeness (QED) is 0.170. The number of benzene rings is 6. The van der Waals surface area contributed by atoms with Crippen molar-refractivity contribution in [1.82, 2.24) is 19.9 Å². The highest BCUT2D eigenvalue weighted by atomic mass is 14.9. The summed E-state index contributed by atoms with van der Waals surface area (Å²) in [5, 5.41) is 2.11. The van der Waals surface area contributed by atoms with Gasteiger partial charge in [-0.2, -0.15) is 0 Å². The van der Waals surface area contributed by atoms with Gasteiger partial charge in [0.1, 0.15) is 0 Å². The number of hydrogen-bond acceptors (Lipinski definition) is 4. The molecule has 0 saturated carbocycles. The highest BCUT2D eigenvalue weighted by molar-refractivity contribution is 6.04. The molecule has 0 aliphatic heterocycles. The van der Waals surface area contributed by atoms with E-state index in [4.69, 9.17) is 19.9 Å². The van der Waals surface area contributed by atoms with Crippen molar-refractivity contribution in [2.75, 3.05) is 0 Å². The number of hydrogen-bond donors (Lipinski definition) is 0. The Morgan fingerprint density at radius 3 is 1.20 bits per heavy atom. The van der Waals surface area contributed by atoms with Crippen molar-refractivity contribution in [1.29, 1.82) is 0 Å². The van der Waals surface area contributed by atoms with E-state index in [1.165, 1.54) is 0 Å². The Morgan fingerprint density at radius 1 is 0.280 bits per heavy atom. The Bertz CT molecular complexity index is 2560. The lowest BCUT2D eigenvalue weighted by molar-refractivity contribution is 1.18. The third-order valence-corrected chi connectivity index (χ3v) is 9.07. The van der Waals surface area contributed by atoms with Gasteiger partial charge in [-0.05, 0) is 23.8 Å². The van der Waals surface area contributed by atoms with Crippen LogP contribution in [0, 0.1) is 0 Å². The molecule has 0 saturated heterocycles. The summed E-state index contributed by atoms with van der Waals surface area (Å²) in [7, 11) is 0. The topological polar surface area (TPSA) is 51.6 Å². The molecular weight excluding hydrogens is 609 g/mol. The monoisotopic (exact) mass is 638 g/mol. The van der Waals surface area contributed by atoms with Crippen LogP contribution in [0.3, 0.4) is 0 Å². The molecule has 0 N–H and O–H groups in total. The standard InChI is InChI=1S/C46H30N4/c1-5-14-31(15-6-1)39-28-26-34-24-25-35-27-29-40(48-45(35)44(34)47-39)37-22-13-23-38(30-37)41-42(32-16-7-2-8-17-32)49-46(36-20-11-4-12-21-36)50-43(41)33-18-9-3-10-19-33/h1-30H. The molecule has 4 nitrogen and oxygen atoms in total. The molecule has 9 aromatic rings. The average molecular weight is 639 g/mol. The molecule has 50 heavy (non-hydrogen) atoms. The minimum Gasteiger partial charge on any atom is -0.245 e. The minimum absolute atomic E-state index is 0.689. The largest absolute Gasteiger partial charge is 0.245 e. The zero-order valence-electron chi connectivity index (χ0n) is 27.1. The SMILES string of the molecule is c1ccc(-c2ccc3ccc4ccc(-c5cccc(-c6c(-c7ccccc7)nc(-c7ccccc7)nc6-c6ccccc6)c5)nc4c3n2)cc1. The third-order valence-electron chi connectivity index (χ3n) is 9.07. The number of fused-ring (bicyclic) bond motifs is 3. The molecule has 0 bridgehead atoms. The molecule has 6 aromatic carbocycles. The first-order valence-electron chi connectivity index (χ1n) is 16.7. The van der Waals surface area contributed by atoms with Gasteiger partial charge in [-0.15, -0.1) is 0 Å². The lowest BCUT2D eigenvalue weighted by Crippen LogP contribution is -2.01. The average Bonchev–Trinajstić information content (AvgIpc) is 3.21. The van der Waals surface area contributed by atoms with Crippen LogP contribution in [0.4, 0.5) is 0 Å². The number of nitrogens with zero attached hydrogens (tertiary/aromatic N) is 4. The van der Waals surface area contributed by atoms with Gasteiger partial charge in [0.2, 0.25) is 0 Å². The molecule has 3 aromatic heterocycles. The van der Waals surface area contributed by atoms with Crippen molar-refractivity contribution >= 4 is 21.8 Å². The van der Waals surface area contributed by atoms with Crippen LogP contribution in [0.1, 0.15) is 0 Å². The van der Waals surface area contributed by atoms with Crippen molar-refractivity contribution in [3.05, 3.63) is 182 Å². The first-order chi connectivity index (χ1) is 24.8. The first kappa shape index (κ1) is 29.4. The van der Waals surface area contributed by atoms with Crippen LogP contribution >= 0.6 is 0 Å². The summed E-state index contributed by atoms with van der Waals surface area (Å²) in [5.74, 6) is 0.689. The predicted octanol–water partition coefficient (Wildman–Crippen LogP) is 11.6. The highest BCUT2D eigenvalue weighted by Crippen LogP contribution is 2.41. The zero-order chi connectivity index (χ0) is 33.3. The normalized spacial score (nSPS) is 11.2. The Morgan fingerprint density at radius 2 is 0.680 bits per heavy atom. The molecule has 0 amide bonds. The van der Waals surface area contributed by atoms with Gasteiger partial charge in [0, 0.05) is 44.2 Å². The van der Waals surface area contributed by atoms with Crippen molar-refractivity contribution in [2.24, 2.45) is 0 Å². The third kappa shape index (κ3) is 5.49. The van der Waals surface area contributed by atoms with E-state index in [-0.39, 0.29) is 0 Å². The summed E-state index contributed by atoms with van der Waals surface area (Å²) in [5.41, 5.74) is 12.5. The smallest absolute Gasteiger partial charge is 0.160 e. The summed E-state index contributed by atoms with van der Waals surface area (Å²) in [6.07, 6.45) is 0. The van der Waals surface area contributed by atoms with Crippen molar-refractivity contribution in [2.45, 2.75) is 0 Å². The molecule has 9 rings (SSSR count). The molecule has 0 aliphatic carbocycles. The Hall–Kier alpha value is -6.78. The van der Waals surface area contributed by atoms with Crippen LogP contribution in [0.25, 0.3) is 89.4 Å². The molecule has 0 unspecified atom stereocenters. The Kier molecular flexibility index (Phi) is 7.45. The van der Waals surface area contributed by atoms with E-state index in [0.29, 0.717) is 5.82 Å². The van der Waals surface area contributed by atoms with E-state index in [0.717, 1.165) is 83.5 Å². The van der Waals surface area contributed by atoms with Gasteiger partial charge in [-0.1, -0.05) is 164 Å². The van der Waals surface area contributed by atoms with Gasteiger partial charge in [0.05, 0.1) is 33.8 Å². The minimum atomic E-state index is 0.689. The van der Waals surface area contributed by atoms with Gasteiger partial charge in [-0.3, -0.25) is 0 Å². The van der Waals surface area contributed by atoms with E-state index < -0.39 is 0 Å². The molecule has 0 radical (unpaired) electrons. The van der Waals surface area contributed by atoms with E-state index in [1.807, 2.05) is 48.5 Å². The molecule has 4 heteroatoms. The Balaban J connectivity index is 1.24. The summed E-state index contributed by atoms with van der Waals surface area (Å²) < 4.78 is 0. The molecule has 0 aliphatic rings. The van der Waals surface area contributed by atoms with E-state index in [1.54, 1.807) is 0 Å². The van der Waals surface area contributed by atoms with Crippen LogP contribution < -0.4 is 0 Å². The van der Waals surface area contributed by atoms with Gasteiger partial charge in [0.25, 0.3) is 0 Å². The molecular formula is C46H30N4. The lowest BCUT2D eigenvalue weighted by Gasteiger charge is -2.17. The maximum Gasteiger partial charge on any atom is 0.160 e. The maximum atomic E-state index is 5.26. The van der Waals surface area contributed by atoms with Gasteiger partial charge in [-0.25, -0.2) is 19.9 Å². The Labute approximate surface area is 290 Å². The molecule has 0 atom stereocenters. The second-order valence-electron chi connectivity index (χ2n) is 12.3. The van der Waals surface area contributed by atoms with E-state index in [9.17, 15) is 0 Å². The molecule has 234 valence electrons. The summed E-state index contributed by atoms with van der Waals surface area (Å²) in [6, 6.07) is 62.5. The van der Waals surface area contributed by atoms with E-state index in [2.05, 4.69) is 133 Å². The first-order valence-corrected chi connectivity index (χ1v) is 16.7. The van der Waals surface area contributed by atoms with Crippen LogP contribution in [0.5, 0.6) is 0 Å². The zero-order valence-corrected chi connectivity index (χ0v) is 27.1. The second kappa shape index (κ2) is 12.7. The summed E-state index contributed by atoms with van der Waals surface area (Å²) in [6.45, 7) is 0. The van der Waals surface area contributed by atoms with Crippen molar-refractivity contribution < 1.29 is 0 Å². The van der Waals surface area contributed by atoms with Crippen molar-refractivity contribution in [3.8, 4) is 67.5 Å². The van der Waals surface area contributed by atoms with Crippen LogP contribution in [-0.2, 0) is 0 Å². The summed E-state index contributed by atoms with van der Waals surface area (Å²) >= 11 is 0. The van der Waals surface area contributed by atoms with Crippen LogP contribution in [0.2, 0.25) is 0 Å². The fourth-order valence-electron chi connectivity index (χ4n) is 6.59. The van der Waals surface area contributed by atoms with Crippen LogP contribution in [0.15, 0.2) is 182 Å². The number of rotatable bonds is 6. The van der Waals surface area contributed by atoms with Crippen LogP contribution in [-0.4, -0.2) is 19.9 Å². The van der Waals surface area contributed by atoms with Gasteiger partial charge in [0.15, 0.2) is 5.82 Å². The molecule has 0 spiro atoms. The summed E-state index contributed by atoms with van der Waals surface area (Å²) in [4.78, 5) is 20.9. The fraction of sp³-hybridized carbons (Fsp3) is 0. The van der Waals surface area contributed by atoms with E-state index >= 15 is 0 Å². The molecule has 3 heterocycles.